The Kier molecular flexibility index (Phi) is 8.06. The van der Waals surface area contributed by atoms with Gasteiger partial charge in [0, 0.05) is 38.6 Å². The molecule has 13 nitrogen and oxygen atoms in total. The number of piperazine rings is 1. The SMILES string of the molecule is COCCOC(=O)N1[C@@H]2CC[C@H]1[C@H](C(=O)NO)N(S(=O)(=O)c1ccc(OC3CCOCC3)nc1)C2. The third kappa shape index (κ3) is 5.35. The number of carbonyl (C=O) groups is 2. The van der Waals surface area contributed by atoms with Crippen LogP contribution >= 0.6 is 0 Å². The maximum Gasteiger partial charge on any atom is 0.410 e. The molecule has 1 aromatic heterocycles. The zero-order chi connectivity index (χ0) is 25.0. The summed E-state index contributed by atoms with van der Waals surface area (Å²) in [6.45, 7) is 1.30. The van der Waals surface area contributed by atoms with Gasteiger partial charge in [-0.15, -0.1) is 0 Å². The second-order valence-electron chi connectivity index (χ2n) is 8.57. The molecule has 3 aliphatic heterocycles. The highest BCUT2D eigenvalue weighted by molar-refractivity contribution is 7.89. The number of hydrogen-bond acceptors (Lipinski definition) is 10. The van der Waals surface area contributed by atoms with Crippen LogP contribution in [0.2, 0.25) is 0 Å². The molecule has 3 saturated heterocycles. The number of rotatable bonds is 8. The first-order valence-corrected chi connectivity index (χ1v) is 12.9. The smallest absolute Gasteiger partial charge is 0.410 e. The summed E-state index contributed by atoms with van der Waals surface area (Å²) in [7, 11) is -2.71. The molecule has 0 aromatic carbocycles. The van der Waals surface area contributed by atoms with Gasteiger partial charge in [0.15, 0.2) is 0 Å². The number of sulfonamides is 1. The van der Waals surface area contributed by atoms with Gasteiger partial charge in [-0.2, -0.15) is 4.31 Å². The van der Waals surface area contributed by atoms with Crippen LogP contribution in [0.4, 0.5) is 4.79 Å². The van der Waals surface area contributed by atoms with Gasteiger partial charge in [0.25, 0.3) is 5.91 Å². The first kappa shape index (κ1) is 25.6. The van der Waals surface area contributed by atoms with Crippen LogP contribution in [0.1, 0.15) is 25.7 Å². The minimum atomic E-state index is -4.19. The Balaban J connectivity index is 1.53. The Morgan fingerprint density at radius 3 is 2.63 bits per heavy atom. The Bertz CT molecular complexity index is 1000. The van der Waals surface area contributed by atoms with Gasteiger partial charge in [0.1, 0.15) is 23.6 Å². The summed E-state index contributed by atoms with van der Waals surface area (Å²) in [5.41, 5.74) is 1.55. The average Bonchev–Trinajstić information content (AvgIpc) is 3.17. The monoisotopic (exact) mass is 514 g/mol. The van der Waals surface area contributed by atoms with Gasteiger partial charge >= 0.3 is 6.09 Å². The van der Waals surface area contributed by atoms with Crippen LogP contribution in [0.5, 0.6) is 5.88 Å². The maximum absolute atomic E-state index is 13.5. The minimum Gasteiger partial charge on any atom is -0.474 e. The van der Waals surface area contributed by atoms with E-state index in [4.69, 9.17) is 18.9 Å². The number of aromatic nitrogens is 1. The molecule has 0 aliphatic carbocycles. The van der Waals surface area contributed by atoms with Crippen LogP contribution in [0.15, 0.2) is 23.2 Å². The molecule has 3 atom stereocenters. The number of ether oxygens (including phenoxy) is 4. The molecule has 0 unspecified atom stereocenters. The molecule has 4 rings (SSSR count). The highest BCUT2D eigenvalue weighted by atomic mass is 32.2. The molecule has 2 amide bonds. The van der Waals surface area contributed by atoms with E-state index in [0.29, 0.717) is 31.9 Å². The van der Waals surface area contributed by atoms with E-state index in [1.165, 1.54) is 30.3 Å². The number of fused-ring (bicyclic) bond motifs is 2. The zero-order valence-electron chi connectivity index (χ0n) is 19.4. The van der Waals surface area contributed by atoms with Gasteiger partial charge in [-0.25, -0.2) is 23.7 Å². The number of hydroxylamine groups is 1. The molecule has 0 saturated carbocycles. The molecule has 2 N–H and O–H groups in total. The summed E-state index contributed by atoms with van der Waals surface area (Å²) >= 11 is 0. The van der Waals surface area contributed by atoms with Crippen LogP contribution in [-0.4, -0.2) is 104 Å². The fourth-order valence-corrected chi connectivity index (χ4v) is 6.39. The fraction of sp³-hybridized carbons (Fsp3) is 0.667. The van der Waals surface area contributed by atoms with Gasteiger partial charge in [-0.3, -0.25) is 14.9 Å². The number of pyridine rings is 1. The highest BCUT2D eigenvalue weighted by Crippen LogP contribution is 2.37. The molecule has 14 heteroatoms. The molecule has 1 aromatic rings. The molecule has 2 bridgehead atoms. The van der Waals surface area contributed by atoms with Crippen molar-refractivity contribution in [3.63, 3.8) is 0 Å². The standard InChI is InChI=1S/C21H30N4O9S/c1-31-10-11-33-21(27)25-14-2-4-17(25)19(20(26)23-28)24(13-14)35(29,30)16-3-5-18(22-12-16)34-15-6-8-32-9-7-15/h3,5,12,14-15,17,19,28H,2,4,6-11,13H2,1H3,(H,23,26)/t14-,17+,19-/m1/s1. The van der Waals surface area contributed by atoms with Crippen molar-refractivity contribution in [1.82, 2.24) is 19.7 Å². The van der Waals surface area contributed by atoms with E-state index >= 15 is 0 Å². The van der Waals surface area contributed by atoms with Crippen LogP contribution in [0, 0.1) is 0 Å². The Morgan fingerprint density at radius 2 is 1.97 bits per heavy atom. The summed E-state index contributed by atoms with van der Waals surface area (Å²) in [4.78, 5) is 30.7. The predicted molar refractivity (Wildman–Crippen MR) is 118 cm³/mol. The molecule has 3 fully saturated rings. The van der Waals surface area contributed by atoms with Crippen molar-refractivity contribution in [3.05, 3.63) is 18.3 Å². The van der Waals surface area contributed by atoms with E-state index in [0.717, 1.165) is 17.1 Å². The quantitative estimate of drug-likeness (QED) is 0.278. The first-order valence-electron chi connectivity index (χ1n) is 11.5. The highest BCUT2D eigenvalue weighted by Gasteiger charge is 2.55. The van der Waals surface area contributed by atoms with E-state index in [1.807, 2.05) is 0 Å². The number of carbonyl (C=O) groups excluding carboxylic acids is 2. The zero-order valence-corrected chi connectivity index (χ0v) is 20.2. The third-order valence-electron chi connectivity index (χ3n) is 6.49. The molecule has 4 heterocycles. The Hall–Kier alpha value is -2.52. The van der Waals surface area contributed by atoms with Crippen molar-refractivity contribution in [3.8, 4) is 5.88 Å². The summed E-state index contributed by atoms with van der Waals surface area (Å²) in [6.07, 6.45) is 2.79. The molecule has 0 spiro atoms. The van der Waals surface area contributed by atoms with Crippen molar-refractivity contribution in [1.29, 1.82) is 0 Å². The fourth-order valence-electron chi connectivity index (χ4n) is 4.79. The molecule has 194 valence electrons. The van der Waals surface area contributed by atoms with E-state index in [9.17, 15) is 23.2 Å². The molecule has 35 heavy (non-hydrogen) atoms. The number of hydrogen-bond donors (Lipinski definition) is 2. The maximum atomic E-state index is 13.5. The van der Waals surface area contributed by atoms with Gasteiger partial charge in [-0.05, 0) is 18.9 Å². The van der Waals surface area contributed by atoms with Crippen molar-refractivity contribution in [2.45, 2.75) is 54.8 Å². The summed E-state index contributed by atoms with van der Waals surface area (Å²) in [6, 6.07) is 0.239. The third-order valence-corrected chi connectivity index (χ3v) is 8.32. The lowest BCUT2D eigenvalue weighted by atomic mass is 10.1. The van der Waals surface area contributed by atoms with E-state index in [1.54, 1.807) is 5.48 Å². The van der Waals surface area contributed by atoms with Crippen molar-refractivity contribution >= 4 is 22.0 Å². The topological polar surface area (TPSA) is 157 Å². The van der Waals surface area contributed by atoms with E-state index < -0.39 is 40.1 Å². The number of nitrogens with zero attached hydrogens (tertiary/aromatic N) is 3. The van der Waals surface area contributed by atoms with Gasteiger partial charge in [0.2, 0.25) is 15.9 Å². The summed E-state index contributed by atoms with van der Waals surface area (Å²) in [5.74, 6) is -0.634. The molecular weight excluding hydrogens is 484 g/mol. The molecular formula is C21H30N4O9S. The van der Waals surface area contributed by atoms with Crippen LogP contribution in [0.3, 0.4) is 0 Å². The van der Waals surface area contributed by atoms with Crippen LogP contribution < -0.4 is 10.2 Å². The second kappa shape index (κ2) is 11.0. The van der Waals surface area contributed by atoms with E-state index in [-0.39, 0.29) is 30.8 Å². The largest absolute Gasteiger partial charge is 0.474 e. The van der Waals surface area contributed by atoms with Crippen molar-refractivity contribution in [2.24, 2.45) is 0 Å². The Morgan fingerprint density at radius 1 is 1.20 bits per heavy atom. The second-order valence-corrected chi connectivity index (χ2v) is 10.5. The lowest BCUT2D eigenvalue weighted by Gasteiger charge is -2.44. The Labute approximate surface area is 203 Å². The normalized spacial score (nSPS) is 25.3. The minimum absolute atomic E-state index is 0.0259. The van der Waals surface area contributed by atoms with Crippen molar-refractivity contribution in [2.75, 3.05) is 40.1 Å². The van der Waals surface area contributed by atoms with Crippen molar-refractivity contribution < 1.29 is 42.2 Å². The first-order chi connectivity index (χ1) is 16.9. The van der Waals surface area contributed by atoms with Gasteiger partial charge in [0.05, 0.1) is 32.1 Å². The number of methoxy groups -OCH3 is 1. The molecule has 0 radical (unpaired) electrons. The predicted octanol–water partition coefficient (Wildman–Crippen LogP) is 0.134. The van der Waals surface area contributed by atoms with Gasteiger partial charge < -0.3 is 18.9 Å². The van der Waals surface area contributed by atoms with Gasteiger partial charge in [-0.1, -0.05) is 0 Å². The number of amides is 2. The van der Waals surface area contributed by atoms with E-state index in [2.05, 4.69) is 4.98 Å². The van der Waals surface area contributed by atoms with Crippen LogP contribution in [0.25, 0.3) is 0 Å². The summed E-state index contributed by atoms with van der Waals surface area (Å²) in [5, 5.41) is 9.35. The summed E-state index contributed by atoms with van der Waals surface area (Å²) < 4.78 is 49.3. The number of nitrogens with one attached hydrogen (secondary N) is 1. The average molecular weight is 515 g/mol. The lowest BCUT2D eigenvalue weighted by molar-refractivity contribution is -0.136. The molecule has 3 aliphatic rings. The lowest BCUT2D eigenvalue weighted by Crippen LogP contribution is -2.66. The van der Waals surface area contributed by atoms with Crippen LogP contribution in [-0.2, 0) is 29.0 Å².